The molecule has 80 valence electrons. The van der Waals surface area contributed by atoms with Gasteiger partial charge in [-0.05, 0) is 18.2 Å². The molecule has 0 bridgehead atoms. The van der Waals surface area contributed by atoms with Crippen molar-refractivity contribution in [1.29, 1.82) is 0 Å². The minimum absolute atomic E-state index is 0.260. The molecule has 0 aliphatic heterocycles. The first-order chi connectivity index (χ1) is 7.00. The lowest BCUT2D eigenvalue weighted by atomic mass is 10.2. The molecule has 3 nitrogen and oxygen atoms in total. The number of rotatable bonds is 4. The Morgan fingerprint density at radius 3 is 2.80 bits per heavy atom. The van der Waals surface area contributed by atoms with E-state index in [0.29, 0.717) is 15.3 Å². The van der Waals surface area contributed by atoms with Gasteiger partial charge in [0.15, 0.2) is 0 Å². The van der Waals surface area contributed by atoms with Crippen LogP contribution >= 0.6 is 27.5 Å². The molecule has 15 heavy (non-hydrogen) atoms. The number of carbonyl (C=O) groups excluding carboxylic acids is 1. The molecule has 0 saturated carbocycles. The first-order valence-electron chi connectivity index (χ1n) is 4.06. The number of benzene rings is 1. The lowest BCUT2D eigenvalue weighted by Crippen LogP contribution is -2.13. The van der Waals surface area contributed by atoms with Gasteiger partial charge < -0.3 is 10.5 Å². The Kier molecular flexibility index (Phi) is 4.17. The normalized spacial score (nSPS) is 9.73. The second-order valence-corrected chi connectivity index (χ2v) is 4.37. The zero-order valence-electron chi connectivity index (χ0n) is 7.80. The van der Waals surface area contributed by atoms with Crippen molar-refractivity contribution in [2.24, 2.45) is 5.73 Å². The Balaban J connectivity index is 2.95. The molecule has 0 aromatic heterocycles. The predicted molar refractivity (Wildman–Crippen MR) is 63.5 cm³/mol. The minimum atomic E-state index is -0.576. The van der Waals surface area contributed by atoms with Crippen LogP contribution in [-0.4, -0.2) is 12.5 Å². The number of carbonyl (C=O) groups is 1. The highest BCUT2D eigenvalue weighted by Crippen LogP contribution is 2.23. The molecule has 0 heterocycles. The smallest absolute Gasteiger partial charge is 0.252 e. The van der Waals surface area contributed by atoms with Crippen LogP contribution < -0.4 is 10.5 Å². The Morgan fingerprint density at radius 1 is 1.60 bits per heavy atom. The van der Waals surface area contributed by atoms with Gasteiger partial charge in [0, 0.05) is 9.51 Å². The molecule has 2 N–H and O–H groups in total. The van der Waals surface area contributed by atoms with Gasteiger partial charge in [0.1, 0.15) is 12.4 Å². The fourth-order valence-electron chi connectivity index (χ4n) is 0.977. The zero-order chi connectivity index (χ0) is 11.4. The van der Waals surface area contributed by atoms with Crippen LogP contribution in [0.2, 0.25) is 5.02 Å². The van der Waals surface area contributed by atoms with Crippen molar-refractivity contribution in [2.45, 2.75) is 0 Å². The topological polar surface area (TPSA) is 52.3 Å². The SMILES string of the molecule is C=C(Br)COc1ccc(Cl)cc1C(N)=O. The van der Waals surface area contributed by atoms with E-state index >= 15 is 0 Å². The van der Waals surface area contributed by atoms with Gasteiger partial charge in [0.25, 0.3) is 5.91 Å². The van der Waals surface area contributed by atoms with Gasteiger partial charge >= 0.3 is 0 Å². The number of primary amides is 1. The average Bonchev–Trinajstić information content (AvgIpc) is 2.15. The third-order valence-electron chi connectivity index (χ3n) is 1.59. The van der Waals surface area contributed by atoms with E-state index in [0.717, 1.165) is 0 Å². The summed E-state index contributed by atoms with van der Waals surface area (Å²) in [7, 11) is 0. The highest BCUT2D eigenvalue weighted by Gasteiger charge is 2.10. The van der Waals surface area contributed by atoms with Gasteiger partial charge in [-0.15, -0.1) is 0 Å². The van der Waals surface area contributed by atoms with Crippen molar-refractivity contribution in [2.75, 3.05) is 6.61 Å². The van der Waals surface area contributed by atoms with Crippen LogP contribution in [0.4, 0.5) is 0 Å². The molecule has 0 radical (unpaired) electrons. The molecular weight excluding hydrogens is 281 g/mol. The predicted octanol–water partition coefficient (Wildman–Crippen LogP) is 2.73. The molecule has 1 aromatic rings. The molecule has 0 fully saturated rings. The first-order valence-corrected chi connectivity index (χ1v) is 5.23. The van der Waals surface area contributed by atoms with Crippen LogP contribution in [0.15, 0.2) is 29.3 Å². The second-order valence-electron chi connectivity index (χ2n) is 2.81. The van der Waals surface area contributed by atoms with Gasteiger partial charge in [0.05, 0.1) is 5.56 Å². The molecule has 5 heteroatoms. The Morgan fingerprint density at radius 2 is 2.27 bits per heavy atom. The molecule has 0 aliphatic rings. The van der Waals surface area contributed by atoms with E-state index in [2.05, 4.69) is 22.5 Å². The summed E-state index contributed by atoms with van der Waals surface area (Å²) in [4.78, 5) is 11.1. The molecule has 0 aliphatic carbocycles. The largest absolute Gasteiger partial charge is 0.488 e. The van der Waals surface area contributed by atoms with Crippen LogP contribution in [0.3, 0.4) is 0 Å². The van der Waals surface area contributed by atoms with Gasteiger partial charge in [-0.2, -0.15) is 0 Å². The van der Waals surface area contributed by atoms with Crippen molar-refractivity contribution >= 4 is 33.4 Å². The van der Waals surface area contributed by atoms with Crippen LogP contribution in [0.25, 0.3) is 0 Å². The summed E-state index contributed by atoms with van der Waals surface area (Å²) >= 11 is 8.88. The summed E-state index contributed by atoms with van der Waals surface area (Å²) in [5.41, 5.74) is 5.44. The van der Waals surface area contributed by atoms with Crippen LogP contribution in [0.5, 0.6) is 5.75 Å². The number of hydrogen-bond donors (Lipinski definition) is 1. The number of amides is 1. The monoisotopic (exact) mass is 289 g/mol. The number of nitrogens with two attached hydrogens (primary N) is 1. The zero-order valence-corrected chi connectivity index (χ0v) is 10.1. The summed E-state index contributed by atoms with van der Waals surface area (Å²) in [5.74, 6) is -0.180. The van der Waals surface area contributed by atoms with Gasteiger partial charge in [0.2, 0.25) is 0 Å². The van der Waals surface area contributed by atoms with Crippen molar-refractivity contribution in [3.63, 3.8) is 0 Å². The fourth-order valence-corrected chi connectivity index (χ4v) is 1.26. The van der Waals surface area contributed by atoms with Crippen molar-refractivity contribution in [1.82, 2.24) is 0 Å². The number of hydrogen-bond acceptors (Lipinski definition) is 2. The molecule has 1 aromatic carbocycles. The fraction of sp³-hybridized carbons (Fsp3) is 0.100. The van der Waals surface area contributed by atoms with E-state index in [1.165, 1.54) is 6.07 Å². The summed E-state index contributed by atoms with van der Waals surface area (Å²) in [5, 5.41) is 0.439. The van der Waals surface area contributed by atoms with E-state index in [-0.39, 0.29) is 12.2 Å². The summed E-state index contributed by atoms with van der Waals surface area (Å²) in [6.45, 7) is 3.88. The standard InChI is InChI=1S/C10H9BrClNO2/c1-6(11)5-15-9-3-2-7(12)4-8(9)10(13)14/h2-4H,1,5H2,(H2,13,14). The minimum Gasteiger partial charge on any atom is -0.488 e. The maximum absolute atomic E-state index is 11.1. The third kappa shape index (κ3) is 3.57. The van der Waals surface area contributed by atoms with E-state index in [1.54, 1.807) is 12.1 Å². The second kappa shape index (κ2) is 5.19. The summed E-state index contributed by atoms with van der Waals surface area (Å²) in [6, 6.07) is 4.69. The third-order valence-corrected chi connectivity index (χ3v) is 2.06. The maximum atomic E-state index is 11.1. The van der Waals surface area contributed by atoms with Crippen molar-refractivity contribution in [3.05, 3.63) is 39.8 Å². The maximum Gasteiger partial charge on any atom is 0.252 e. The molecule has 1 amide bonds. The summed E-state index contributed by atoms with van der Waals surface area (Å²) in [6.07, 6.45) is 0. The molecular formula is C10H9BrClNO2. The Labute approximate surface area is 101 Å². The van der Waals surface area contributed by atoms with Crippen LogP contribution in [-0.2, 0) is 0 Å². The Bertz CT molecular complexity index is 406. The van der Waals surface area contributed by atoms with E-state index in [1.807, 2.05) is 0 Å². The first kappa shape index (κ1) is 12.1. The Hall–Kier alpha value is -1.00. The van der Waals surface area contributed by atoms with E-state index < -0.39 is 5.91 Å². The van der Waals surface area contributed by atoms with Crippen molar-refractivity contribution < 1.29 is 9.53 Å². The molecule has 0 spiro atoms. The van der Waals surface area contributed by atoms with Gasteiger partial charge in [-0.3, -0.25) is 4.79 Å². The highest BCUT2D eigenvalue weighted by atomic mass is 79.9. The van der Waals surface area contributed by atoms with E-state index in [4.69, 9.17) is 22.1 Å². The van der Waals surface area contributed by atoms with Crippen molar-refractivity contribution in [3.8, 4) is 5.75 Å². The van der Waals surface area contributed by atoms with Crippen LogP contribution in [0, 0.1) is 0 Å². The number of ether oxygens (including phenoxy) is 1. The van der Waals surface area contributed by atoms with E-state index in [9.17, 15) is 4.79 Å². The lowest BCUT2D eigenvalue weighted by molar-refractivity contribution is 0.0997. The lowest BCUT2D eigenvalue weighted by Gasteiger charge is -2.08. The van der Waals surface area contributed by atoms with Gasteiger partial charge in [-0.1, -0.05) is 34.1 Å². The van der Waals surface area contributed by atoms with Gasteiger partial charge in [-0.25, -0.2) is 0 Å². The highest BCUT2D eigenvalue weighted by molar-refractivity contribution is 9.11. The summed E-state index contributed by atoms with van der Waals surface area (Å²) < 4.78 is 5.98. The molecule has 0 saturated heterocycles. The average molecular weight is 291 g/mol. The molecule has 0 atom stereocenters. The molecule has 1 rings (SSSR count). The quantitative estimate of drug-likeness (QED) is 0.927. The molecule has 0 unspecified atom stereocenters. The van der Waals surface area contributed by atoms with Crippen LogP contribution in [0.1, 0.15) is 10.4 Å². The number of halogens is 2.